The second kappa shape index (κ2) is 3.19. The molecule has 0 unspecified atom stereocenters. The van der Waals surface area contributed by atoms with Crippen molar-refractivity contribution in [2.24, 2.45) is 0 Å². The van der Waals surface area contributed by atoms with Gasteiger partial charge in [-0.05, 0) is 0 Å². The molecule has 26 valence electrons. The summed E-state index contributed by atoms with van der Waals surface area (Å²) in [7, 11) is 0. The summed E-state index contributed by atoms with van der Waals surface area (Å²) in [6.45, 7) is 3.14. The summed E-state index contributed by atoms with van der Waals surface area (Å²) in [6.07, 6.45) is 1.84. The maximum Gasteiger partial charge on any atom is 0.150 e. The monoisotopic (exact) mass is 68.0 g/mol. The van der Waals surface area contributed by atoms with Gasteiger partial charge >= 0.3 is 0 Å². The maximum atomic E-state index is 9.25. The third kappa shape index (κ3) is 3.19. The van der Waals surface area contributed by atoms with Crippen molar-refractivity contribution >= 4 is 6.29 Å². The fourth-order valence-corrected chi connectivity index (χ4v) is 0.0481. The summed E-state index contributed by atoms with van der Waals surface area (Å²) in [4.78, 5) is 9.25. The molecule has 0 aromatic rings. The highest BCUT2D eigenvalue weighted by atomic mass is 16.1. The van der Waals surface area contributed by atoms with E-state index in [0.717, 1.165) is 0 Å². The molecular formula is C4H4O. The van der Waals surface area contributed by atoms with Gasteiger partial charge in [0.1, 0.15) is 6.29 Å². The van der Waals surface area contributed by atoms with E-state index in [9.17, 15) is 4.79 Å². The SMILES string of the molecule is C=C=CC=O. The summed E-state index contributed by atoms with van der Waals surface area (Å²) in [5, 5.41) is 0. The van der Waals surface area contributed by atoms with Crippen molar-refractivity contribution in [3.8, 4) is 0 Å². The zero-order valence-electron chi connectivity index (χ0n) is 2.77. The second-order valence-electron chi connectivity index (χ2n) is 0.507. The van der Waals surface area contributed by atoms with Gasteiger partial charge in [0.05, 0.1) is 0 Å². The third-order valence-corrected chi connectivity index (χ3v) is 0.186. The molecule has 0 fully saturated rings. The Bertz CT molecular complexity index is 67.7. The van der Waals surface area contributed by atoms with E-state index in [-0.39, 0.29) is 0 Å². The van der Waals surface area contributed by atoms with Gasteiger partial charge in [-0.2, -0.15) is 0 Å². The number of hydrogen-bond donors (Lipinski definition) is 0. The molecule has 0 heterocycles. The first-order chi connectivity index (χ1) is 2.41. The standard InChI is InChI=1S/C4H4O/c1-2-3-4-5/h3-4H,1H2. The average Bonchev–Trinajstić information content (AvgIpc) is 1.41. The molecule has 1 nitrogen and oxygen atoms in total. The molecule has 0 saturated heterocycles. The van der Waals surface area contributed by atoms with Gasteiger partial charge in [0, 0.05) is 6.08 Å². The summed E-state index contributed by atoms with van der Waals surface area (Å²) in [5.41, 5.74) is 2.27. The van der Waals surface area contributed by atoms with Gasteiger partial charge in [0.25, 0.3) is 0 Å². The zero-order valence-corrected chi connectivity index (χ0v) is 2.77. The van der Waals surface area contributed by atoms with Gasteiger partial charge in [-0.1, -0.05) is 6.58 Å². The summed E-state index contributed by atoms with van der Waals surface area (Å²) in [6, 6.07) is 0. The highest BCUT2D eigenvalue weighted by Gasteiger charge is 1.43. The fraction of sp³-hybridized carbons (Fsp3) is 0. The molecule has 0 rings (SSSR count). The second-order valence-corrected chi connectivity index (χ2v) is 0.507. The van der Waals surface area contributed by atoms with E-state index in [4.69, 9.17) is 0 Å². The Labute approximate surface area is 30.6 Å². The summed E-state index contributed by atoms with van der Waals surface area (Å²) < 4.78 is 0. The Balaban J connectivity index is 3.31. The van der Waals surface area contributed by atoms with E-state index < -0.39 is 0 Å². The van der Waals surface area contributed by atoms with Crippen LogP contribution in [0.25, 0.3) is 0 Å². The molecule has 0 radical (unpaired) electrons. The number of rotatable bonds is 1. The van der Waals surface area contributed by atoms with Crippen molar-refractivity contribution in [1.82, 2.24) is 0 Å². The van der Waals surface area contributed by atoms with Gasteiger partial charge in [-0.25, -0.2) is 0 Å². The third-order valence-electron chi connectivity index (χ3n) is 0.186. The van der Waals surface area contributed by atoms with Crippen LogP contribution < -0.4 is 0 Å². The number of hydrogen-bond acceptors (Lipinski definition) is 1. The van der Waals surface area contributed by atoms with Gasteiger partial charge in [-0.15, -0.1) is 5.73 Å². The minimum atomic E-state index is 0.632. The predicted molar refractivity (Wildman–Crippen MR) is 19.8 cm³/mol. The van der Waals surface area contributed by atoms with Crippen LogP contribution in [0.5, 0.6) is 0 Å². The largest absolute Gasteiger partial charge is 0.298 e. The number of carbonyl (C=O) groups is 1. The van der Waals surface area contributed by atoms with Crippen LogP contribution in [0.15, 0.2) is 18.4 Å². The first-order valence-electron chi connectivity index (χ1n) is 1.21. The molecule has 0 bridgehead atoms. The van der Waals surface area contributed by atoms with Crippen LogP contribution in [0.1, 0.15) is 0 Å². The molecule has 0 atom stereocenters. The molecule has 0 N–H and O–H groups in total. The lowest BCUT2D eigenvalue weighted by Gasteiger charge is -1.42. The summed E-state index contributed by atoms with van der Waals surface area (Å²) in [5.74, 6) is 0. The maximum absolute atomic E-state index is 9.25. The van der Waals surface area contributed by atoms with Gasteiger partial charge in [0.2, 0.25) is 0 Å². The molecular weight excluding hydrogens is 64.0 g/mol. The highest BCUT2D eigenvalue weighted by Crippen LogP contribution is 1.44. The van der Waals surface area contributed by atoms with Gasteiger partial charge < -0.3 is 0 Å². The minimum absolute atomic E-state index is 0.632. The van der Waals surface area contributed by atoms with Crippen molar-refractivity contribution in [2.75, 3.05) is 0 Å². The van der Waals surface area contributed by atoms with Crippen LogP contribution in [-0.2, 0) is 4.79 Å². The lowest BCUT2D eigenvalue weighted by molar-refractivity contribution is -0.104. The Morgan fingerprint density at radius 3 is 2.40 bits per heavy atom. The van der Waals surface area contributed by atoms with Crippen LogP contribution in [0.2, 0.25) is 0 Å². The smallest absolute Gasteiger partial charge is 0.150 e. The first kappa shape index (κ1) is 4.19. The van der Waals surface area contributed by atoms with E-state index in [0.29, 0.717) is 6.29 Å². The van der Waals surface area contributed by atoms with Crippen LogP contribution in [-0.4, -0.2) is 6.29 Å². The zero-order chi connectivity index (χ0) is 4.12. The normalized spacial score (nSPS) is 4.80. The first-order valence-corrected chi connectivity index (χ1v) is 1.21. The van der Waals surface area contributed by atoms with Crippen LogP contribution in [0.4, 0.5) is 0 Å². The Hall–Kier alpha value is -0.810. The average molecular weight is 68.1 g/mol. The minimum Gasteiger partial charge on any atom is -0.298 e. The molecule has 0 aliphatic rings. The molecule has 0 aliphatic heterocycles. The lowest BCUT2D eigenvalue weighted by Crippen LogP contribution is -1.47. The Morgan fingerprint density at radius 2 is 2.40 bits per heavy atom. The topological polar surface area (TPSA) is 17.1 Å². The molecule has 0 amide bonds. The molecule has 0 aromatic heterocycles. The number of allylic oxidation sites excluding steroid dienone is 1. The summed E-state index contributed by atoms with van der Waals surface area (Å²) >= 11 is 0. The molecule has 1 heteroatoms. The van der Waals surface area contributed by atoms with Crippen LogP contribution >= 0.6 is 0 Å². The van der Waals surface area contributed by atoms with Gasteiger partial charge in [-0.3, -0.25) is 4.79 Å². The molecule has 0 saturated carbocycles. The molecule has 0 spiro atoms. The van der Waals surface area contributed by atoms with Gasteiger partial charge in [0.15, 0.2) is 0 Å². The van der Waals surface area contributed by atoms with E-state index in [1.807, 2.05) is 0 Å². The number of carbonyl (C=O) groups excluding carboxylic acids is 1. The van der Waals surface area contributed by atoms with Crippen molar-refractivity contribution < 1.29 is 4.79 Å². The van der Waals surface area contributed by atoms with Crippen molar-refractivity contribution in [3.63, 3.8) is 0 Å². The predicted octanol–water partition coefficient (Wildman–Crippen LogP) is 0.526. The molecule has 0 aliphatic carbocycles. The van der Waals surface area contributed by atoms with Crippen molar-refractivity contribution in [3.05, 3.63) is 18.4 Å². The van der Waals surface area contributed by atoms with E-state index >= 15 is 0 Å². The molecule has 0 aromatic carbocycles. The Kier molecular flexibility index (Phi) is 2.67. The van der Waals surface area contributed by atoms with E-state index in [1.54, 1.807) is 0 Å². The van der Waals surface area contributed by atoms with E-state index in [2.05, 4.69) is 12.3 Å². The fourth-order valence-electron chi connectivity index (χ4n) is 0.0481. The van der Waals surface area contributed by atoms with Crippen LogP contribution in [0, 0.1) is 0 Å². The number of aldehydes is 1. The van der Waals surface area contributed by atoms with Crippen LogP contribution in [0.3, 0.4) is 0 Å². The van der Waals surface area contributed by atoms with E-state index in [1.165, 1.54) is 6.08 Å². The molecule has 5 heavy (non-hydrogen) atoms. The Morgan fingerprint density at radius 1 is 1.80 bits per heavy atom. The lowest BCUT2D eigenvalue weighted by atomic mass is 10.7. The highest BCUT2D eigenvalue weighted by molar-refractivity contribution is 5.64. The van der Waals surface area contributed by atoms with Crippen molar-refractivity contribution in [2.45, 2.75) is 0 Å². The van der Waals surface area contributed by atoms with Crippen molar-refractivity contribution in [1.29, 1.82) is 0 Å². The quantitative estimate of drug-likeness (QED) is 0.249.